The molecule has 0 unspecified atom stereocenters. The molecule has 10 aromatic carbocycles. The number of para-hydroxylation sites is 3. The van der Waals surface area contributed by atoms with Crippen LogP contribution >= 0.6 is 0 Å². The standard InChI is InChI=1S/C63H38N4O2/c1-4-15-39(16-5-1)41-27-29-43(30-28-41)62-64-61(42-19-8-3-9-20-42)65-63(66-62)50-24-14-23-48-52-36-45(32-34-57(52)69-60(48)50)46-37-55(59-49-22-11-13-26-56(49)68-58(59)38-46)67-53-25-12-10-21-47(53)51-35-44(31-33-54(51)67)40-17-6-2-7-18-40/h1-38H. The second kappa shape index (κ2) is 15.6. The molecular formula is C63H38N4O2. The van der Waals surface area contributed by atoms with Crippen LogP contribution in [0.2, 0.25) is 0 Å². The zero-order chi connectivity index (χ0) is 45.4. The molecule has 0 N–H and O–H groups in total. The van der Waals surface area contributed by atoms with Gasteiger partial charge in [-0.3, -0.25) is 0 Å². The average Bonchev–Trinajstić information content (AvgIpc) is 4.10. The lowest BCUT2D eigenvalue weighted by atomic mass is 9.99. The highest BCUT2D eigenvalue weighted by atomic mass is 16.3. The molecule has 0 saturated heterocycles. The van der Waals surface area contributed by atoms with Crippen LogP contribution in [-0.4, -0.2) is 19.5 Å². The SMILES string of the molecule is c1ccc(-c2ccc(-c3nc(-c4ccccc4)nc(-c4cccc5c4oc4ccc(-c6cc(-n7c8ccccc8c8cc(-c9ccccc9)ccc87)c7c(c6)oc6ccccc67)cc45)n3)cc2)cc1. The second-order valence-corrected chi connectivity index (χ2v) is 17.5. The summed E-state index contributed by atoms with van der Waals surface area (Å²) in [5.74, 6) is 1.72. The van der Waals surface area contributed by atoms with Crippen LogP contribution in [0, 0.1) is 0 Å². The van der Waals surface area contributed by atoms with E-state index in [0.717, 1.165) is 94.0 Å². The molecule has 0 fully saturated rings. The zero-order valence-electron chi connectivity index (χ0n) is 37.0. The summed E-state index contributed by atoms with van der Waals surface area (Å²) in [4.78, 5) is 15.3. The number of furan rings is 2. The van der Waals surface area contributed by atoms with Crippen LogP contribution in [-0.2, 0) is 0 Å². The summed E-state index contributed by atoms with van der Waals surface area (Å²) in [6.45, 7) is 0. The summed E-state index contributed by atoms with van der Waals surface area (Å²) >= 11 is 0. The van der Waals surface area contributed by atoms with Crippen LogP contribution in [0.5, 0.6) is 0 Å². The Bertz CT molecular complexity index is 4290. The van der Waals surface area contributed by atoms with Gasteiger partial charge in [-0.15, -0.1) is 0 Å². The van der Waals surface area contributed by atoms with Crippen molar-refractivity contribution in [2.24, 2.45) is 0 Å². The van der Waals surface area contributed by atoms with Gasteiger partial charge in [0, 0.05) is 38.1 Å². The number of nitrogens with zero attached hydrogens (tertiary/aromatic N) is 4. The lowest BCUT2D eigenvalue weighted by molar-refractivity contribution is 0.669. The molecule has 0 aliphatic rings. The lowest BCUT2D eigenvalue weighted by Gasteiger charge is -2.13. The summed E-state index contributed by atoms with van der Waals surface area (Å²) in [6.07, 6.45) is 0. The fourth-order valence-electron chi connectivity index (χ4n) is 10.2. The number of rotatable bonds is 7. The molecule has 0 amide bonds. The molecular weight excluding hydrogens is 845 g/mol. The van der Waals surface area contributed by atoms with Crippen LogP contribution in [0.4, 0.5) is 0 Å². The van der Waals surface area contributed by atoms with E-state index in [9.17, 15) is 0 Å². The van der Waals surface area contributed by atoms with Gasteiger partial charge in [-0.2, -0.15) is 0 Å². The Kier molecular flexibility index (Phi) is 8.79. The van der Waals surface area contributed by atoms with E-state index in [4.69, 9.17) is 23.8 Å². The van der Waals surface area contributed by atoms with E-state index in [2.05, 4.69) is 187 Å². The van der Waals surface area contributed by atoms with Crippen molar-refractivity contribution in [1.29, 1.82) is 0 Å². The number of fused-ring (bicyclic) bond motifs is 9. The average molecular weight is 883 g/mol. The van der Waals surface area contributed by atoms with Gasteiger partial charge >= 0.3 is 0 Å². The number of hydrogen-bond donors (Lipinski definition) is 0. The van der Waals surface area contributed by atoms with Crippen LogP contribution in [0.3, 0.4) is 0 Å². The van der Waals surface area contributed by atoms with E-state index >= 15 is 0 Å². The second-order valence-electron chi connectivity index (χ2n) is 17.5. The Labute approximate surface area is 396 Å². The van der Waals surface area contributed by atoms with Gasteiger partial charge in [0.25, 0.3) is 0 Å². The van der Waals surface area contributed by atoms with Crippen molar-refractivity contribution >= 4 is 65.7 Å². The van der Waals surface area contributed by atoms with E-state index in [0.29, 0.717) is 23.1 Å². The maximum atomic E-state index is 6.79. The van der Waals surface area contributed by atoms with Crippen molar-refractivity contribution in [3.05, 3.63) is 231 Å². The maximum absolute atomic E-state index is 6.79. The van der Waals surface area contributed by atoms with Crippen molar-refractivity contribution in [3.63, 3.8) is 0 Å². The van der Waals surface area contributed by atoms with Crippen LogP contribution < -0.4 is 0 Å². The molecule has 69 heavy (non-hydrogen) atoms. The molecule has 4 heterocycles. The van der Waals surface area contributed by atoms with Crippen LogP contribution in [0.25, 0.3) is 139 Å². The molecule has 0 spiro atoms. The highest BCUT2D eigenvalue weighted by molar-refractivity contribution is 6.16. The van der Waals surface area contributed by atoms with Gasteiger partial charge in [0.15, 0.2) is 17.5 Å². The summed E-state index contributed by atoms with van der Waals surface area (Å²) in [7, 11) is 0. The molecule has 0 aliphatic carbocycles. The minimum Gasteiger partial charge on any atom is -0.456 e. The number of hydrogen-bond acceptors (Lipinski definition) is 5. The van der Waals surface area contributed by atoms with Crippen LogP contribution in [0.1, 0.15) is 0 Å². The van der Waals surface area contributed by atoms with Gasteiger partial charge in [-0.25, -0.2) is 15.0 Å². The summed E-state index contributed by atoms with van der Waals surface area (Å²) < 4.78 is 15.9. The molecule has 6 nitrogen and oxygen atoms in total. The number of benzene rings is 10. The molecule has 14 aromatic rings. The monoisotopic (exact) mass is 882 g/mol. The number of aromatic nitrogens is 4. The van der Waals surface area contributed by atoms with E-state index in [1.807, 2.05) is 48.5 Å². The minimum absolute atomic E-state index is 0.540. The molecule has 0 radical (unpaired) electrons. The zero-order valence-corrected chi connectivity index (χ0v) is 37.0. The van der Waals surface area contributed by atoms with Gasteiger partial charge in [-0.05, 0) is 88.0 Å². The van der Waals surface area contributed by atoms with Crippen molar-refractivity contribution in [1.82, 2.24) is 19.5 Å². The van der Waals surface area contributed by atoms with Gasteiger partial charge in [0.05, 0.1) is 27.7 Å². The molecule has 14 rings (SSSR count). The van der Waals surface area contributed by atoms with Gasteiger partial charge < -0.3 is 13.4 Å². The predicted molar refractivity (Wildman–Crippen MR) is 281 cm³/mol. The lowest BCUT2D eigenvalue weighted by Crippen LogP contribution is -2.00. The molecule has 0 aliphatic heterocycles. The fourth-order valence-corrected chi connectivity index (χ4v) is 10.2. The Hall–Kier alpha value is -9.39. The first-order valence-electron chi connectivity index (χ1n) is 23.2. The topological polar surface area (TPSA) is 69.9 Å². The molecule has 0 saturated carbocycles. The fraction of sp³-hybridized carbons (Fsp3) is 0. The highest BCUT2D eigenvalue weighted by Gasteiger charge is 2.22. The van der Waals surface area contributed by atoms with Crippen molar-refractivity contribution in [2.75, 3.05) is 0 Å². The quantitative estimate of drug-likeness (QED) is 0.159. The van der Waals surface area contributed by atoms with Gasteiger partial charge in [-0.1, -0.05) is 176 Å². The first-order chi connectivity index (χ1) is 34.2. The third kappa shape index (κ3) is 6.45. The minimum atomic E-state index is 0.540. The van der Waals surface area contributed by atoms with E-state index in [1.54, 1.807) is 0 Å². The van der Waals surface area contributed by atoms with E-state index < -0.39 is 0 Å². The van der Waals surface area contributed by atoms with Crippen molar-refractivity contribution in [3.8, 4) is 73.2 Å². The largest absolute Gasteiger partial charge is 0.456 e. The van der Waals surface area contributed by atoms with E-state index in [1.165, 1.54) is 21.9 Å². The van der Waals surface area contributed by atoms with Crippen molar-refractivity contribution in [2.45, 2.75) is 0 Å². The van der Waals surface area contributed by atoms with Crippen LogP contribution in [0.15, 0.2) is 239 Å². The summed E-state index contributed by atoms with van der Waals surface area (Å²) in [5, 5.41) is 6.51. The molecule has 322 valence electrons. The predicted octanol–water partition coefficient (Wildman–Crippen LogP) is 16.8. The molecule has 6 heteroatoms. The third-order valence-electron chi connectivity index (χ3n) is 13.5. The maximum Gasteiger partial charge on any atom is 0.167 e. The molecule has 0 atom stereocenters. The first kappa shape index (κ1) is 38.8. The Morgan fingerprint density at radius 3 is 1.58 bits per heavy atom. The normalized spacial score (nSPS) is 11.8. The Balaban J connectivity index is 0.930. The molecule has 4 aromatic heterocycles. The van der Waals surface area contributed by atoms with E-state index in [-0.39, 0.29) is 0 Å². The third-order valence-corrected chi connectivity index (χ3v) is 13.5. The van der Waals surface area contributed by atoms with Crippen molar-refractivity contribution < 1.29 is 8.83 Å². The van der Waals surface area contributed by atoms with Gasteiger partial charge in [0.1, 0.15) is 22.3 Å². The Morgan fingerprint density at radius 1 is 0.290 bits per heavy atom. The molecule has 0 bridgehead atoms. The highest BCUT2D eigenvalue weighted by Crippen LogP contribution is 2.44. The smallest absolute Gasteiger partial charge is 0.167 e. The Morgan fingerprint density at radius 2 is 0.812 bits per heavy atom. The van der Waals surface area contributed by atoms with Gasteiger partial charge in [0.2, 0.25) is 0 Å². The first-order valence-corrected chi connectivity index (χ1v) is 23.2. The summed E-state index contributed by atoms with van der Waals surface area (Å²) in [6, 6.07) is 80.5. The summed E-state index contributed by atoms with van der Waals surface area (Å²) in [5.41, 5.74) is 15.8.